The number of halogens is 1. The Balaban J connectivity index is 2.24. The summed E-state index contributed by atoms with van der Waals surface area (Å²) in [6.07, 6.45) is 2.94. The fourth-order valence-corrected chi connectivity index (χ4v) is 3.68. The van der Waals surface area contributed by atoms with Crippen LogP contribution in [0.15, 0.2) is 28.7 Å². The molecular weight excluding hydrogens is 310 g/mol. The van der Waals surface area contributed by atoms with Crippen LogP contribution in [0.3, 0.4) is 0 Å². The van der Waals surface area contributed by atoms with E-state index >= 15 is 0 Å². The second kappa shape index (κ2) is 5.24. The van der Waals surface area contributed by atoms with Gasteiger partial charge in [0.2, 0.25) is 0 Å². The van der Waals surface area contributed by atoms with Gasteiger partial charge in [-0.2, -0.15) is 0 Å². The van der Waals surface area contributed by atoms with E-state index in [0.717, 1.165) is 11.3 Å². The minimum atomic E-state index is -3.85. The van der Waals surface area contributed by atoms with Gasteiger partial charge in [0, 0.05) is 23.1 Å². The first-order valence-corrected chi connectivity index (χ1v) is 8.14. The lowest BCUT2D eigenvalue weighted by molar-refractivity contribution is 0.102. The maximum absolute atomic E-state index is 11.8. The first-order chi connectivity index (χ1) is 8.88. The molecule has 0 atom stereocenters. The van der Waals surface area contributed by atoms with Crippen LogP contribution in [0.2, 0.25) is 0 Å². The molecule has 2 aromatic heterocycles. The molecule has 0 spiro atoms. The third-order valence-corrected chi connectivity index (χ3v) is 5.37. The second-order valence-electron chi connectivity index (χ2n) is 3.53. The van der Waals surface area contributed by atoms with Crippen LogP contribution in [-0.4, -0.2) is 24.3 Å². The smallest absolute Gasteiger partial charge is 0.272 e. The van der Waals surface area contributed by atoms with E-state index in [9.17, 15) is 13.2 Å². The number of carbonyl (C=O) groups excluding carboxylic acids is 1. The molecule has 0 unspecified atom stereocenters. The molecule has 0 aromatic carbocycles. The molecule has 0 aliphatic heterocycles. The molecular formula is C10H8ClN3O3S2. The van der Waals surface area contributed by atoms with E-state index < -0.39 is 15.0 Å². The van der Waals surface area contributed by atoms with Gasteiger partial charge in [-0.1, -0.05) is 11.3 Å². The molecule has 2 rings (SSSR count). The zero-order chi connectivity index (χ0) is 14.0. The molecule has 0 fully saturated rings. The van der Waals surface area contributed by atoms with Crippen molar-refractivity contribution in [1.82, 2.24) is 9.97 Å². The average Bonchev–Trinajstić information content (AvgIpc) is 2.71. The number of rotatable bonds is 3. The molecule has 0 aliphatic rings. The number of nitrogens with one attached hydrogen (secondary N) is 1. The van der Waals surface area contributed by atoms with Gasteiger partial charge in [0.1, 0.15) is 0 Å². The average molecular weight is 318 g/mol. The molecule has 2 aromatic rings. The van der Waals surface area contributed by atoms with E-state index in [0.29, 0.717) is 5.56 Å². The van der Waals surface area contributed by atoms with Crippen LogP contribution >= 0.6 is 22.0 Å². The van der Waals surface area contributed by atoms with Crippen molar-refractivity contribution in [3.63, 3.8) is 0 Å². The Morgan fingerprint density at radius 3 is 2.74 bits per heavy atom. The summed E-state index contributed by atoms with van der Waals surface area (Å²) in [4.78, 5) is 19.6. The van der Waals surface area contributed by atoms with Crippen molar-refractivity contribution in [2.45, 2.75) is 11.1 Å². The maximum atomic E-state index is 11.8. The van der Waals surface area contributed by atoms with Crippen molar-refractivity contribution in [2.75, 3.05) is 5.32 Å². The largest absolute Gasteiger partial charge is 0.298 e. The Kier molecular flexibility index (Phi) is 3.83. The molecule has 9 heteroatoms. The van der Waals surface area contributed by atoms with Gasteiger partial charge in [-0.25, -0.2) is 13.4 Å². The first kappa shape index (κ1) is 13.9. The fraction of sp³-hybridized carbons (Fsp3) is 0.100. The van der Waals surface area contributed by atoms with Gasteiger partial charge in [0.05, 0.1) is 11.3 Å². The van der Waals surface area contributed by atoms with Crippen LogP contribution in [-0.2, 0) is 9.05 Å². The topological polar surface area (TPSA) is 89.0 Å². The van der Waals surface area contributed by atoms with Crippen molar-refractivity contribution in [1.29, 1.82) is 0 Å². The number of thiazole rings is 1. The summed E-state index contributed by atoms with van der Waals surface area (Å²) in [5.41, 5.74) is 0.604. The van der Waals surface area contributed by atoms with E-state index in [-0.39, 0.29) is 15.0 Å². The molecule has 1 amide bonds. The number of carbonyl (C=O) groups is 1. The molecule has 0 saturated heterocycles. The zero-order valence-corrected chi connectivity index (χ0v) is 12.0. The lowest BCUT2D eigenvalue weighted by Gasteiger charge is -1.99. The molecule has 0 radical (unpaired) electrons. The highest BCUT2D eigenvalue weighted by Gasteiger charge is 2.20. The Morgan fingerprint density at radius 2 is 2.21 bits per heavy atom. The van der Waals surface area contributed by atoms with E-state index in [1.165, 1.54) is 13.1 Å². The summed E-state index contributed by atoms with van der Waals surface area (Å²) in [5, 5.41) is 2.67. The number of pyridine rings is 1. The lowest BCUT2D eigenvalue weighted by atomic mass is 10.3. The molecule has 0 saturated carbocycles. The van der Waals surface area contributed by atoms with Gasteiger partial charge < -0.3 is 0 Å². The number of nitrogens with zero attached hydrogens (tertiary/aromatic N) is 2. The van der Waals surface area contributed by atoms with Gasteiger partial charge >= 0.3 is 0 Å². The summed E-state index contributed by atoms with van der Waals surface area (Å²) >= 11 is 0.806. The summed E-state index contributed by atoms with van der Waals surface area (Å²) in [6, 6.07) is 3.21. The Bertz CT molecular complexity index is 713. The quantitative estimate of drug-likeness (QED) is 0.875. The van der Waals surface area contributed by atoms with E-state index in [2.05, 4.69) is 15.3 Å². The normalized spacial score (nSPS) is 11.3. The Hall–Kier alpha value is -1.51. The van der Waals surface area contributed by atoms with Crippen molar-refractivity contribution < 1.29 is 13.2 Å². The monoisotopic (exact) mass is 317 g/mol. The predicted octanol–water partition coefficient (Wildman–Crippen LogP) is 2.03. The maximum Gasteiger partial charge on any atom is 0.272 e. The van der Waals surface area contributed by atoms with Crippen molar-refractivity contribution in [3.8, 4) is 0 Å². The van der Waals surface area contributed by atoms with Crippen molar-refractivity contribution in [2.24, 2.45) is 0 Å². The van der Waals surface area contributed by atoms with Gasteiger partial charge in [-0.05, 0) is 19.1 Å². The second-order valence-corrected chi connectivity index (χ2v) is 7.29. The van der Waals surface area contributed by atoms with Crippen LogP contribution in [0.25, 0.3) is 0 Å². The standard InChI is InChI=1S/C10H8ClN3O3S2/c1-6-9(19(11,16)17)18-10(13-6)14-8(15)7-3-2-4-12-5-7/h2-5H,1H3,(H,13,14,15). The van der Waals surface area contributed by atoms with Gasteiger partial charge in [0.25, 0.3) is 15.0 Å². The van der Waals surface area contributed by atoms with Gasteiger partial charge in [0.15, 0.2) is 9.34 Å². The highest BCUT2D eigenvalue weighted by Crippen LogP contribution is 2.29. The summed E-state index contributed by atoms with van der Waals surface area (Å²) in [6.45, 7) is 1.51. The Morgan fingerprint density at radius 1 is 1.47 bits per heavy atom. The first-order valence-electron chi connectivity index (χ1n) is 5.01. The van der Waals surface area contributed by atoms with Crippen LogP contribution in [0.5, 0.6) is 0 Å². The fourth-order valence-electron chi connectivity index (χ4n) is 1.33. The molecule has 100 valence electrons. The number of amides is 1. The molecule has 2 heterocycles. The van der Waals surface area contributed by atoms with Crippen LogP contribution in [0, 0.1) is 6.92 Å². The van der Waals surface area contributed by atoms with Gasteiger partial charge in [-0.15, -0.1) is 0 Å². The summed E-state index contributed by atoms with van der Waals surface area (Å²) < 4.78 is 22.4. The third-order valence-electron chi connectivity index (χ3n) is 2.12. The number of hydrogen-bond acceptors (Lipinski definition) is 6. The minimum absolute atomic E-state index is 0.0735. The number of aromatic nitrogens is 2. The highest BCUT2D eigenvalue weighted by atomic mass is 35.7. The van der Waals surface area contributed by atoms with E-state index in [4.69, 9.17) is 10.7 Å². The third kappa shape index (κ3) is 3.28. The molecule has 1 N–H and O–H groups in total. The lowest BCUT2D eigenvalue weighted by Crippen LogP contribution is -2.11. The van der Waals surface area contributed by atoms with E-state index in [1.807, 2.05) is 0 Å². The van der Waals surface area contributed by atoms with E-state index in [1.54, 1.807) is 18.3 Å². The van der Waals surface area contributed by atoms with Gasteiger partial charge in [-0.3, -0.25) is 15.1 Å². The van der Waals surface area contributed by atoms with Crippen LogP contribution in [0.1, 0.15) is 16.1 Å². The van der Waals surface area contributed by atoms with Crippen molar-refractivity contribution >= 4 is 42.1 Å². The summed E-state index contributed by atoms with van der Waals surface area (Å²) in [7, 11) is 1.40. The number of aryl methyl sites for hydroxylation is 1. The molecule has 0 aliphatic carbocycles. The minimum Gasteiger partial charge on any atom is -0.298 e. The van der Waals surface area contributed by atoms with Crippen LogP contribution in [0.4, 0.5) is 5.13 Å². The Labute approximate surface area is 117 Å². The number of anilines is 1. The van der Waals surface area contributed by atoms with Crippen LogP contribution < -0.4 is 5.32 Å². The number of hydrogen-bond donors (Lipinski definition) is 1. The SMILES string of the molecule is Cc1nc(NC(=O)c2cccnc2)sc1S(=O)(=O)Cl. The molecule has 6 nitrogen and oxygen atoms in total. The van der Waals surface area contributed by atoms with Crippen molar-refractivity contribution in [3.05, 3.63) is 35.8 Å². The zero-order valence-electron chi connectivity index (χ0n) is 9.62. The predicted molar refractivity (Wildman–Crippen MR) is 72.1 cm³/mol. The summed E-state index contributed by atoms with van der Waals surface area (Å²) in [5.74, 6) is -0.416. The highest BCUT2D eigenvalue weighted by molar-refractivity contribution is 8.15. The molecule has 0 bridgehead atoms. The molecule has 19 heavy (non-hydrogen) atoms.